The van der Waals surface area contributed by atoms with Crippen molar-refractivity contribution < 1.29 is 8.82 Å². The molecule has 0 radical (unpaired) electrons. The molecular formula is C17H29FN2OSi. The summed E-state index contributed by atoms with van der Waals surface area (Å²) in [5.74, 6) is -0.233. The van der Waals surface area contributed by atoms with Gasteiger partial charge in [-0.25, -0.2) is 4.39 Å². The molecule has 1 aromatic rings. The number of nitrogens with two attached hydrogens (primary N) is 1. The topological polar surface area (TPSA) is 38.5 Å². The molecule has 22 heavy (non-hydrogen) atoms. The maximum absolute atomic E-state index is 14.0. The average Bonchev–Trinajstić information content (AvgIpc) is 2.38. The summed E-state index contributed by atoms with van der Waals surface area (Å²) in [5, 5.41) is 0.229. The number of hydrogen-bond donors (Lipinski definition) is 1. The van der Waals surface area contributed by atoms with Crippen molar-refractivity contribution in [2.75, 3.05) is 23.7 Å². The van der Waals surface area contributed by atoms with Gasteiger partial charge in [-0.15, -0.1) is 0 Å². The molecule has 1 fully saturated rings. The van der Waals surface area contributed by atoms with Crippen LogP contribution >= 0.6 is 0 Å². The highest BCUT2D eigenvalue weighted by atomic mass is 28.4. The van der Waals surface area contributed by atoms with Gasteiger partial charge in [-0.1, -0.05) is 20.8 Å². The molecule has 3 nitrogen and oxygen atoms in total. The van der Waals surface area contributed by atoms with E-state index in [1.807, 2.05) is 0 Å². The minimum Gasteiger partial charge on any atom is -0.414 e. The van der Waals surface area contributed by atoms with Gasteiger partial charge in [0.25, 0.3) is 0 Å². The molecule has 0 unspecified atom stereocenters. The van der Waals surface area contributed by atoms with Gasteiger partial charge in [-0.05, 0) is 49.2 Å². The third-order valence-corrected chi connectivity index (χ3v) is 9.56. The molecule has 1 aliphatic heterocycles. The van der Waals surface area contributed by atoms with Gasteiger partial charge in [0.15, 0.2) is 8.32 Å². The Balaban J connectivity index is 1.96. The van der Waals surface area contributed by atoms with Crippen molar-refractivity contribution in [2.45, 2.75) is 57.8 Å². The quantitative estimate of drug-likeness (QED) is 0.661. The zero-order valence-electron chi connectivity index (χ0n) is 14.4. The fourth-order valence-electron chi connectivity index (χ4n) is 2.59. The molecule has 2 N–H and O–H groups in total. The zero-order valence-corrected chi connectivity index (χ0v) is 15.4. The highest BCUT2D eigenvalue weighted by Crippen LogP contribution is 2.38. The minimum absolute atomic E-state index is 0.229. The fraction of sp³-hybridized carbons (Fsp3) is 0.647. The number of nitrogens with zero attached hydrogens (tertiary/aromatic N) is 1. The first-order chi connectivity index (χ1) is 10.1. The van der Waals surface area contributed by atoms with Gasteiger partial charge in [-0.3, -0.25) is 0 Å². The van der Waals surface area contributed by atoms with E-state index in [-0.39, 0.29) is 10.9 Å². The predicted octanol–water partition coefficient (Wildman–Crippen LogP) is 4.40. The van der Waals surface area contributed by atoms with Crippen LogP contribution in [0.2, 0.25) is 18.1 Å². The van der Waals surface area contributed by atoms with Crippen molar-refractivity contribution >= 4 is 19.7 Å². The van der Waals surface area contributed by atoms with Crippen LogP contribution < -0.4 is 10.6 Å². The molecule has 1 aliphatic rings. The van der Waals surface area contributed by atoms with Crippen LogP contribution in [-0.4, -0.2) is 27.5 Å². The third-order valence-electron chi connectivity index (χ3n) is 5.02. The van der Waals surface area contributed by atoms with Gasteiger partial charge < -0.3 is 15.1 Å². The van der Waals surface area contributed by atoms with Gasteiger partial charge in [-0.2, -0.15) is 0 Å². The smallest absolute Gasteiger partial charge is 0.192 e. The maximum atomic E-state index is 14.0. The lowest BCUT2D eigenvalue weighted by molar-refractivity contribution is 0.152. The third kappa shape index (κ3) is 3.82. The Hall–Kier alpha value is -1.07. The number of hydrogen-bond acceptors (Lipinski definition) is 3. The van der Waals surface area contributed by atoms with Crippen LogP contribution in [0, 0.1) is 5.82 Å². The first kappa shape index (κ1) is 17.3. The molecule has 5 heteroatoms. The lowest BCUT2D eigenvalue weighted by atomic mass is 10.1. The monoisotopic (exact) mass is 324 g/mol. The molecule has 0 aromatic heterocycles. The number of rotatable bonds is 3. The van der Waals surface area contributed by atoms with Crippen molar-refractivity contribution in [3.8, 4) is 0 Å². The highest BCUT2D eigenvalue weighted by molar-refractivity contribution is 6.74. The largest absolute Gasteiger partial charge is 0.414 e. The van der Waals surface area contributed by atoms with E-state index >= 15 is 0 Å². The van der Waals surface area contributed by atoms with Crippen LogP contribution in [0.15, 0.2) is 18.2 Å². The molecule has 1 saturated heterocycles. The summed E-state index contributed by atoms with van der Waals surface area (Å²) in [6, 6.07) is 4.93. The Labute approximate surface area is 134 Å². The summed E-state index contributed by atoms with van der Waals surface area (Å²) < 4.78 is 20.5. The van der Waals surface area contributed by atoms with Crippen molar-refractivity contribution in [2.24, 2.45) is 0 Å². The molecular weight excluding hydrogens is 295 g/mol. The zero-order chi connectivity index (χ0) is 16.5. The van der Waals surface area contributed by atoms with Crippen LogP contribution in [0.3, 0.4) is 0 Å². The summed E-state index contributed by atoms with van der Waals surface area (Å²) >= 11 is 0. The van der Waals surface area contributed by atoms with E-state index in [4.69, 9.17) is 10.2 Å². The Bertz CT molecular complexity index is 520. The van der Waals surface area contributed by atoms with E-state index < -0.39 is 8.32 Å². The number of benzene rings is 1. The lowest BCUT2D eigenvalue weighted by Crippen LogP contribution is -2.47. The first-order valence-corrected chi connectivity index (χ1v) is 11.0. The second-order valence-electron chi connectivity index (χ2n) is 7.78. The summed E-state index contributed by atoms with van der Waals surface area (Å²) in [6.45, 7) is 13.0. The standard InChI is InChI=1S/C17H29FN2OSi/c1-17(2,3)22(4,5)21-14-8-10-20(11-9-14)16-7-6-13(19)12-15(16)18/h6-7,12,14H,8-11,19H2,1-5H3. The van der Waals surface area contributed by atoms with Crippen molar-refractivity contribution in [3.05, 3.63) is 24.0 Å². The molecule has 0 spiro atoms. The second kappa shape index (κ2) is 6.20. The van der Waals surface area contributed by atoms with Crippen LogP contribution in [0.4, 0.5) is 15.8 Å². The van der Waals surface area contributed by atoms with Gasteiger partial charge in [0.05, 0.1) is 5.69 Å². The SMILES string of the molecule is CC(C)(C)[Si](C)(C)OC1CCN(c2ccc(N)cc2F)CC1. The van der Waals surface area contributed by atoms with E-state index in [1.165, 1.54) is 6.07 Å². The Morgan fingerprint density at radius 1 is 1.23 bits per heavy atom. The predicted molar refractivity (Wildman–Crippen MR) is 94.3 cm³/mol. The molecule has 0 amide bonds. The average molecular weight is 325 g/mol. The second-order valence-corrected chi connectivity index (χ2v) is 12.5. The fourth-order valence-corrected chi connectivity index (χ4v) is 4.01. The van der Waals surface area contributed by atoms with Gasteiger partial charge in [0, 0.05) is 24.9 Å². The van der Waals surface area contributed by atoms with Crippen LogP contribution in [0.1, 0.15) is 33.6 Å². The highest BCUT2D eigenvalue weighted by Gasteiger charge is 2.39. The van der Waals surface area contributed by atoms with Crippen LogP contribution in [0.5, 0.6) is 0 Å². The molecule has 0 atom stereocenters. The maximum Gasteiger partial charge on any atom is 0.192 e. The number of halogens is 1. The van der Waals surface area contributed by atoms with Crippen molar-refractivity contribution in [1.29, 1.82) is 0 Å². The minimum atomic E-state index is -1.72. The first-order valence-electron chi connectivity index (χ1n) is 8.08. The van der Waals surface area contributed by atoms with E-state index in [0.717, 1.165) is 25.9 Å². The molecule has 1 aromatic carbocycles. The molecule has 0 aliphatic carbocycles. The molecule has 124 valence electrons. The summed E-state index contributed by atoms with van der Waals surface area (Å²) in [5.41, 5.74) is 6.74. The Morgan fingerprint density at radius 3 is 2.32 bits per heavy atom. The normalized spacial score (nSPS) is 17.8. The molecule has 1 heterocycles. The number of nitrogen functional groups attached to an aromatic ring is 1. The van der Waals surface area contributed by atoms with Gasteiger partial charge in [0.2, 0.25) is 0 Å². The van der Waals surface area contributed by atoms with E-state index in [0.29, 0.717) is 17.5 Å². The van der Waals surface area contributed by atoms with Gasteiger partial charge in [0.1, 0.15) is 5.82 Å². The lowest BCUT2D eigenvalue weighted by Gasteiger charge is -2.42. The Kier molecular flexibility index (Phi) is 4.87. The van der Waals surface area contributed by atoms with Gasteiger partial charge >= 0.3 is 0 Å². The Morgan fingerprint density at radius 2 is 1.82 bits per heavy atom. The van der Waals surface area contributed by atoms with E-state index in [9.17, 15) is 4.39 Å². The van der Waals surface area contributed by atoms with E-state index in [1.54, 1.807) is 12.1 Å². The molecule has 0 bridgehead atoms. The van der Waals surface area contributed by atoms with Crippen molar-refractivity contribution in [1.82, 2.24) is 0 Å². The number of piperidine rings is 1. The molecule has 0 saturated carbocycles. The van der Waals surface area contributed by atoms with Crippen molar-refractivity contribution in [3.63, 3.8) is 0 Å². The summed E-state index contributed by atoms with van der Waals surface area (Å²) in [4.78, 5) is 2.10. The summed E-state index contributed by atoms with van der Waals surface area (Å²) in [7, 11) is -1.72. The van der Waals surface area contributed by atoms with E-state index in [2.05, 4.69) is 38.8 Å². The molecule has 2 rings (SSSR count). The number of anilines is 2. The summed E-state index contributed by atoms with van der Waals surface area (Å²) in [6.07, 6.45) is 2.21. The van der Waals surface area contributed by atoms with Crippen LogP contribution in [-0.2, 0) is 4.43 Å². The van der Waals surface area contributed by atoms with Crippen LogP contribution in [0.25, 0.3) is 0 Å².